The lowest BCUT2D eigenvalue weighted by Crippen LogP contribution is -2.35. The SMILES string of the molecule is CCN(C(=O)Cn1c(C(=O)CC2CCC(C(=O)NCCCCCCCC(=O)NCCOCCOCCC(=O)O)CC2)cc2sccc21)c1cccc(C)c1. The average molecular weight is 767 g/mol. The van der Waals surface area contributed by atoms with Crippen molar-refractivity contribution < 1.29 is 38.6 Å². The zero-order valence-electron chi connectivity index (χ0n) is 31.9. The fourth-order valence-corrected chi connectivity index (χ4v) is 7.84. The molecule has 0 unspecified atom stereocenters. The number of carboxylic acid groups (broad SMARTS) is 1. The maximum Gasteiger partial charge on any atom is 0.305 e. The van der Waals surface area contributed by atoms with Crippen LogP contribution in [0.4, 0.5) is 5.69 Å². The number of aromatic nitrogens is 1. The first kappa shape index (κ1) is 42.7. The number of amides is 3. The minimum atomic E-state index is -0.894. The molecular formula is C41H58N4O8S. The van der Waals surface area contributed by atoms with Gasteiger partial charge < -0.3 is 34.7 Å². The highest BCUT2D eigenvalue weighted by atomic mass is 32.1. The molecule has 3 aromatic rings. The number of thiophene rings is 1. The zero-order chi connectivity index (χ0) is 38.7. The molecule has 296 valence electrons. The number of hydrogen-bond acceptors (Lipinski definition) is 8. The summed E-state index contributed by atoms with van der Waals surface area (Å²) in [6, 6.07) is 11.8. The fraction of sp³-hybridized carbons (Fsp3) is 0.585. The van der Waals surface area contributed by atoms with E-state index in [4.69, 9.17) is 14.6 Å². The van der Waals surface area contributed by atoms with Gasteiger partial charge in [-0.3, -0.25) is 24.0 Å². The molecule has 0 saturated heterocycles. The van der Waals surface area contributed by atoms with Gasteiger partial charge in [0.15, 0.2) is 5.78 Å². The lowest BCUT2D eigenvalue weighted by molar-refractivity contribution is -0.138. The van der Waals surface area contributed by atoms with Gasteiger partial charge >= 0.3 is 5.97 Å². The number of anilines is 1. The number of benzene rings is 1. The molecule has 0 aliphatic heterocycles. The Balaban J connectivity index is 1.07. The minimum absolute atomic E-state index is 0.00151. The van der Waals surface area contributed by atoms with E-state index in [-0.39, 0.29) is 54.9 Å². The first-order valence-electron chi connectivity index (χ1n) is 19.5. The van der Waals surface area contributed by atoms with Gasteiger partial charge in [-0.15, -0.1) is 11.3 Å². The van der Waals surface area contributed by atoms with E-state index in [1.54, 1.807) is 16.2 Å². The second kappa shape index (κ2) is 23.0. The molecule has 1 aliphatic carbocycles. The Kier molecular flexibility index (Phi) is 18.2. The van der Waals surface area contributed by atoms with Crippen LogP contribution in [-0.2, 0) is 35.2 Å². The van der Waals surface area contributed by atoms with E-state index in [0.717, 1.165) is 79.3 Å². The van der Waals surface area contributed by atoms with E-state index in [9.17, 15) is 24.0 Å². The molecule has 3 amide bonds. The van der Waals surface area contributed by atoms with E-state index < -0.39 is 5.97 Å². The molecule has 1 saturated carbocycles. The molecule has 2 heterocycles. The summed E-state index contributed by atoms with van der Waals surface area (Å²) < 4.78 is 13.4. The average Bonchev–Trinajstić information content (AvgIpc) is 3.75. The molecule has 0 bridgehead atoms. The molecule has 0 atom stereocenters. The third-order valence-corrected chi connectivity index (χ3v) is 10.9. The number of ether oxygens (including phenoxy) is 2. The Labute approximate surface area is 322 Å². The predicted octanol–water partition coefficient (Wildman–Crippen LogP) is 6.52. The van der Waals surface area contributed by atoms with Gasteiger partial charge in [-0.1, -0.05) is 31.4 Å². The number of aliphatic carboxylic acids is 1. The minimum Gasteiger partial charge on any atom is -0.481 e. The Morgan fingerprint density at radius 3 is 2.35 bits per heavy atom. The highest BCUT2D eigenvalue weighted by Crippen LogP contribution is 2.33. The number of carboxylic acids is 1. The van der Waals surface area contributed by atoms with Crippen molar-refractivity contribution in [3.63, 3.8) is 0 Å². The Hall–Kier alpha value is -4.07. The molecule has 2 aromatic heterocycles. The molecule has 1 aromatic carbocycles. The van der Waals surface area contributed by atoms with Crippen LogP contribution in [-0.4, -0.2) is 85.2 Å². The van der Waals surface area contributed by atoms with Crippen LogP contribution in [0.2, 0.25) is 0 Å². The number of ketones is 1. The van der Waals surface area contributed by atoms with Crippen molar-refractivity contribution in [3.8, 4) is 0 Å². The molecule has 3 N–H and O–H groups in total. The number of nitrogens with one attached hydrogen (secondary N) is 2. The van der Waals surface area contributed by atoms with Gasteiger partial charge in [0.05, 0.1) is 48.8 Å². The van der Waals surface area contributed by atoms with Gasteiger partial charge in [-0.2, -0.15) is 0 Å². The molecule has 54 heavy (non-hydrogen) atoms. The highest BCUT2D eigenvalue weighted by Gasteiger charge is 2.29. The topological polar surface area (TPSA) is 156 Å². The number of carbonyl (C=O) groups excluding carboxylic acids is 4. The molecule has 4 rings (SSSR count). The number of aryl methyl sites for hydroxylation is 1. The normalized spacial score (nSPS) is 15.6. The molecule has 0 radical (unpaired) electrons. The van der Waals surface area contributed by atoms with Gasteiger partial charge in [-0.25, -0.2) is 0 Å². The van der Waals surface area contributed by atoms with Gasteiger partial charge in [-0.05, 0) is 93.5 Å². The van der Waals surface area contributed by atoms with E-state index in [1.807, 2.05) is 60.2 Å². The van der Waals surface area contributed by atoms with Crippen molar-refractivity contribution in [1.82, 2.24) is 15.2 Å². The maximum atomic E-state index is 13.7. The van der Waals surface area contributed by atoms with Gasteiger partial charge in [0.25, 0.3) is 0 Å². The van der Waals surface area contributed by atoms with Crippen LogP contribution in [0, 0.1) is 18.8 Å². The third-order valence-electron chi connectivity index (χ3n) is 10.0. The van der Waals surface area contributed by atoms with Gasteiger partial charge in [0.1, 0.15) is 6.54 Å². The van der Waals surface area contributed by atoms with Crippen LogP contribution in [0.25, 0.3) is 10.2 Å². The van der Waals surface area contributed by atoms with E-state index in [2.05, 4.69) is 10.6 Å². The van der Waals surface area contributed by atoms with Gasteiger partial charge in [0, 0.05) is 44.1 Å². The van der Waals surface area contributed by atoms with Crippen molar-refractivity contribution in [1.29, 1.82) is 0 Å². The first-order valence-corrected chi connectivity index (χ1v) is 20.4. The molecule has 0 spiro atoms. The van der Waals surface area contributed by atoms with Crippen LogP contribution < -0.4 is 15.5 Å². The van der Waals surface area contributed by atoms with Crippen molar-refractivity contribution in [2.45, 2.75) is 97.4 Å². The quantitative estimate of drug-likeness (QED) is 0.0650. The monoisotopic (exact) mass is 766 g/mol. The van der Waals surface area contributed by atoms with Crippen LogP contribution in [0.1, 0.15) is 100 Å². The molecule has 1 fully saturated rings. The number of Topliss-reactive ketones (excluding diaryl/α,β-unsaturated/α-hetero) is 1. The first-order chi connectivity index (χ1) is 26.2. The summed E-state index contributed by atoms with van der Waals surface area (Å²) in [5.41, 5.74) is 3.45. The summed E-state index contributed by atoms with van der Waals surface area (Å²) in [6.45, 7) is 6.91. The number of carbonyl (C=O) groups is 5. The summed E-state index contributed by atoms with van der Waals surface area (Å²) >= 11 is 1.58. The predicted molar refractivity (Wildman–Crippen MR) is 211 cm³/mol. The van der Waals surface area contributed by atoms with E-state index in [1.165, 1.54) is 0 Å². The van der Waals surface area contributed by atoms with E-state index >= 15 is 0 Å². The Bertz CT molecular complexity index is 1660. The largest absolute Gasteiger partial charge is 0.481 e. The van der Waals surface area contributed by atoms with Crippen LogP contribution in [0.15, 0.2) is 41.8 Å². The number of fused-ring (bicyclic) bond motifs is 1. The fourth-order valence-electron chi connectivity index (χ4n) is 7.02. The number of rotatable bonds is 25. The third kappa shape index (κ3) is 14.0. The molecule has 1 aliphatic rings. The number of nitrogens with zero attached hydrogens (tertiary/aromatic N) is 2. The molecule has 13 heteroatoms. The van der Waals surface area contributed by atoms with Crippen LogP contribution in [0.5, 0.6) is 0 Å². The van der Waals surface area contributed by atoms with Crippen molar-refractivity contribution in [3.05, 3.63) is 53.0 Å². The number of likely N-dealkylation sites (N-methyl/N-ethyl adjacent to an activating group) is 1. The lowest BCUT2D eigenvalue weighted by atomic mass is 9.79. The highest BCUT2D eigenvalue weighted by molar-refractivity contribution is 7.17. The van der Waals surface area contributed by atoms with Crippen molar-refractivity contribution in [2.24, 2.45) is 11.8 Å². The standard InChI is InChI=1S/C41H58N4O8S/c1-3-44(33-11-9-10-30(2)26-33)39(48)29-45-34-18-25-54-37(34)28-35(45)36(46)27-31-13-15-32(16-14-31)41(51)43-19-8-6-4-5-7-12-38(47)42-20-22-53-24-23-52-21-17-40(49)50/h9-11,18,25-26,28,31-32H,3-8,12-17,19-24,27,29H2,1-2H3,(H,42,47)(H,43,51)(H,49,50). The second-order valence-electron chi connectivity index (χ2n) is 14.1. The summed E-state index contributed by atoms with van der Waals surface area (Å²) in [5, 5.41) is 16.5. The van der Waals surface area contributed by atoms with Crippen molar-refractivity contribution in [2.75, 3.05) is 51.0 Å². The second-order valence-corrected chi connectivity index (χ2v) is 15.1. The van der Waals surface area contributed by atoms with Crippen LogP contribution >= 0.6 is 11.3 Å². The zero-order valence-corrected chi connectivity index (χ0v) is 32.8. The molecular weight excluding hydrogens is 709 g/mol. The van der Waals surface area contributed by atoms with E-state index in [0.29, 0.717) is 58.0 Å². The number of unbranched alkanes of at least 4 members (excludes halogenated alkanes) is 4. The Morgan fingerprint density at radius 2 is 1.61 bits per heavy atom. The maximum absolute atomic E-state index is 13.7. The Morgan fingerprint density at radius 1 is 0.870 bits per heavy atom. The lowest BCUT2D eigenvalue weighted by Gasteiger charge is -2.27. The smallest absolute Gasteiger partial charge is 0.305 e. The van der Waals surface area contributed by atoms with Crippen LogP contribution in [0.3, 0.4) is 0 Å². The molecule has 12 nitrogen and oxygen atoms in total. The summed E-state index contributed by atoms with van der Waals surface area (Å²) in [5.74, 6) is -0.589. The van der Waals surface area contributed by atoms with Crippen molar-refractivity contribution >= 4 is 56.7 Å². The van der Waals surface area contributed by atoms with Gasteiger partial charge in [0.2, 0.25) is 17.7 Å². The summed E-state index contributed by atoms with van der Waals surface area (Å²) in [6.07, 6.45) is 8.75. The summed E-state index contributed by atoms with van der Waals surface area (Å²) in [7, 11) is 0. The number of hydrogen-bond donors (Lipinski definition) is 3. The summed E-state index contributed by atoms with van der Waals surface area (Å²) in [4.78, 5) is 64.4.